The van der Waals surface area contributed by atoms with E-state index in [-0.39, 0.29) is 18.0 Å². The van der Waals surface area contributed by atoms with E-state index in [4.69, 9.17) is 11.6 Å². The van der Waals surface area contributed by atoms with Gasteiger partial charge in [0.05, 0.1) is 17.2 Å². The van der Waals surface area contributed by atoms with Gasteiger partial charge in [-0.25, -0.2) is 9.97 Å². The standard InChI is InChI=1S/C21H17ClN4O2S/c1-13-6-7-14(9-16(13)22)8-15-10-24-21(29-15)25-19(27)12-26-18-5-3-2-4-17(18)23-11-20(26)28/h2-7,9-11H,8,12H2,1H3,(H,24,25,27). The number of carbonyl (C=O) groups excluding carboxylic acids is 1. The van der Waals surface area contributed by atoms with Crippen LogP contribution in [-0.2, 0) is 17.8 Å². The molecule has 0 saturated carbocycles. The van der Waals surface area contributed by atoms with Crippen LogP contribution in [0.4, 0.5) is 5.13 Å². The highest BCUT2D eigenvalue weighted by molar-refractivity contribution is 7.15. The summed E-state index contributed by atoms with van der Waals surface area (Å²) in [5.74, 6) is -0.317. The summed E-state index contributed by atoms with van der Waals surface area (Å²) >= 11 is 7.58. The third-order valence-electron chi connectivity index (χ3n) is 4.47. The molecule has 4 aromatic rings. The summed E-state index contributed by atoms with van der Waals surface area (Å²) in [7, 11) is 0. The number of hydrogen-bond donors (Lipinski definition) is 1. The fraction of sp³-hybridized carbons (Fsp3) is 0.143. The van der Waals surface area contributed by atoms with Crippen LogP contribution < -0.4 is 10.9 Å². The Morgan fingerprint density at radius 3 is 2.83 bits per heavy atom. The van der Waals surface area contributed by atoms with E-state index in [0.29, 0.717) is 22.6 Å². The van der Waals surface area contributed by atoms with Gasteiger partial charge in [-0.2, -0.15) is 0 Å². The number of anilines is 1. The molecule has 1 amide bonds. The molecule has 0 aliphatic carbocycles. The first kappa shape index (κ1) is 19.3. The molecule has 0 bridgehead atoms. The lowest BCUT2D eigenvalue weighted by Gasteiger charge is -2.08. The second kappa shape index (κ2) is 8.14. The van der Waals surface area contributed by atoms with Crippen LogP contribution in [0.3, 0.4) is 0 Å². The summed E-state index contributed by atoms with van der Waals surface area (Å²) in [5, 5.41) is 4.00. The van der Waals surface area contributed by atoms with Crippen LogP contribution in [0.2, 0.25) is 5.02 Å². The van der Waals surface area contributed by atoms with Gasteiger partial charge < -0.3 is 5.32 Å². The van der Waals surface area contributed by atoms with Gasteiger partial charge in [-0.15, -0.1) is 11.3 Å². The largest absolute Gasteiger partial charge is 0.300 e. The molecule has 2 aromatic carbocycles. The number of carbonyl (C=O) groups is 1. The maximum Gasteiger partial charge on any atom is 0.269 e. The van der Waals surface area contributed by atoms with Gasteiger partial charge in [-0.1, -0.05) is 35.9 Å². The van der Waals surface area contributed by atoms with E-state index in [2.05, 4.69) is 15.3 Å². The summed E-state index contributed by atoms with van der Waals surface area (Å²) in [6.45, 7) is 1.86. The maximum atomic E-state index is 12.5. The number of benzene rings is 2. The van der Waals surface area contributed by atoms with Crippen molar-refractivity contribution in [3.05, 3.63) is 86.2 Å². The molecule has 4 rings (SSSR count). The topological polar surface area (TPSA) is 76.9 Å². The summed E-state index contributed by atoms with van der Waals surface area (Å²) < 4.78 is 1.40. The zero-order chi connectivity index (χ0) is 20.4. The number of rotatable bonds is 5. The molecular weight excluding hydrogens is 408 g/mol. The first-order valence-corrected chi connectivity index (χ1v) is 10.1. The van der Waals surface area contributed by atoms with Gasteiger partial charge in [0.2, 0.25) is 5.91 Å². The van der Waals surface area contributed by atoms with Crippen molar-refractivity contribution in [2.75, 3.05) is 5.32 Å². The van der Waals surface area contributed by atoms with Crippen LogP contribution in [0, 0.1) is 6.92 Å². The molecule has 0 fully saturated rings. The van der Waals surface area contributed by atoms with E-state index >= 15 is 0 Å². The van der Waals surface area contributed by atoms with E-state index in [1.165, 1.54) is 22.1 Å². The number of hydrogen-bond acceptors (Lipinski definition) is 5. The van der Waals surface area contributed by atoms with Crippen molar-refractivity contribution >= 4 is 45.0 Å². The Morgan fingerprint density at radius 2 is 2.00 bits per heavy atom. The second-order valence-electron chi connectivity index (χ2n) is 6.61. The van der Waals surface area contributed by atoms with Crippen LogP contribution in [0.5, 0.6) is 0 Å². The average molecular weight is 425 g/mol. The van der Waals surface area contributed by atoms with Crippen molar-refractivity contribution in [3.8, 4) is 0 Å². The SMILES string of the molecule is Cc1ccc(Cc2cnc(NC(=O)Cn3c(=O)cnc4ccccc43)s2)cc1Cl. The molecule has 0 aliphatic rings. The minimum atomic E-state index is -0.324. The summed E-state index contributed by atoms with van der Waals surface area (Å²) in [4.78, 5) is 34.0. The smallest absolute Gasteiger partial charge is 0.269 e. The van der Waals surface area contributed by atoms with Crippen LogP contribution in [0.15, 0.2) is 59.7 Å². The second-order valence-corrected chi connectivity index (χ2v) is 8.13. The number of halogens is 1. The predicted octanol–water partition coefficient (Wildman–Crippen LogP) is 4.04. The fourth-order valence-electron chi connectivity index (χ4n) is 2.97. The van der Waals surface area contributed by atoms with E-state index in [1.54, 1.807) is 18.3 Å². The van der Waals surface area contributed by atoms with Crippen molar-refractivity contribution < 1.29 is 4.79 Å². The molecule has 0 saturated heterocycles. The quantitative estimate of drug-likeness (QED) is 0.524. The number of nitrogens with zero attached hydrogens (tertiary/aromatic N) is 3. The van der Waals surface area contributed by atoms with Crippen LogP contribution >= 0.6 is 22.9 Å². The Hall–Kier alpha value is -3.03. The molecule has 8 heteroatoms. The molecule has 1 N–H and O–H groups in total. The first-order valence-electron chi connectivity index (χ1n) is 8.94. The molecule has 0 spiro atoms. The van der Waals surface area contributed by atoms with Gasteiger partial charge in [0.1, 0.15) is 6.54 Å². The molecule has 0 aliphatic heterocycles. The highest BCUT2D eigenvalue weighted by Crippen LogP contribution is 2.24. The summed E-state index contributed by atoms with van der Waals surface area (Å²) in [6, 6.07) is 13.2. The third kappa shape index (κ3) is 4.36. The number of amides is 1. The highest BCUT2D eigenvalue weighted by atomic mass is 35.5. The van der Waals surface area contributed by atoms with Crippen molar-refractivity contribution in [2.24, 2.45) is 0 Å². The Labute approximate surface area is 175 Å². The van der Waals surface area contributed by atoms with Crippen LogP contribution in [-0.4, -0.2) is 20.4 Å². The summed E-state index contributed by atoms with van der Waals surface area (Å²) in [5.41, 5.74) is 3.07. The molecule has 146 valence electrons. The third-order valence-corrected chi connectivity index (χ3v) is 5.79. The van der Waals surface area contributed by atoms with Crippen molar-refractivity contribution in [1.29, 1.82) is 0 Å². The van der Waals surface area contributed by atoms with E-state index < -0.39 is 0 Å². The van der Waals surface area contributed by atoms with Gasteiger partial charge in [0, 0.05) is 22.5 Å². The Balaban J connectivity index is 1.47. The molecule has 2 heterocycles. The normalized spacial score (nSPS) is 11.0. The Morgan fingerprint density at radius 1 is 1.17 bits per heavy atom. The van der Waals surface area contributed by atoms with E-state index in [9.17, 15) is 9.59 Å². The van der Waals surface area contributed by atoms with Crippen molar-refractivity contribution in [1.82, 2.24) is 14.5 Å². The number of aromatic nitrogens is 3. The van der Waals surface area contributed by atoms with E-state index in [1.807, 2.05) is 37.3 Å². The molecule has 0 radical (unpaired) electrons. The van der Waals surface area contributed by atoms with Gasteiger partial charge in [-0.05, 0) is 36.2 Å². The minimum Gasteiger partial charge on any atom is -0.300 e. The minimum absolute atomic E-state index is 0.107. The Kier molecular flexibility index (Phi) is 5.42. The predicted molar refractivity (Wildman–Crippen MR) is 116 cm³/mol. The molecular formula is C21H17ClN4O2S. The average Bonchev–Trinajstić information content (AvgIpc) is 3.13. The zero-order valence-corrected chi connectivity index (χ0v) is 17.1. The van der Waals surface area contributed by atoms with Gasteiger partial charge in [-0.3, -0.25) is 14.2 Å². The molecule has 2 aromatic heterocycles. The lowest BCUT2D eigenvalue weighted by molar-refractivity contribution is -0.116. The van der Waals surface area contributed by atoms with Crippen LogP contribution in [0.1, 0.15) is 16.0 Å². The summed E-state index contributed by atoms with van der Waals surface area (Å²) in [6.07, 6.45) is 3.65. The number of thiazole rings is 1. The zero-order valence-electron chi connectivity index (χ0n) is 15.6. The van der Waals surface area contributed by atoms with Crippen LogP contribution in [0.25, 0.3) is 11.0 Å². The number of aryl methyl sites for hydroxylation is 1. The highest BCUT2D eigenvalue weighted by Gasteiger charge is 2.11. The van der Waals surface area contributed by atoms with Crippen molar-refractivity contribution in [3.63, 3.8) is 0 Å². The van der Waals surface area contributed by atoms with Gasteiger partial charge in [0.25, 0.3) is 5.56 Å². The van der Waals surface area contributed by atoms with Gasteiger partial charge >= 0.3 is 0 Å². The van der Waals surface area contributed by atoms with Crippen molar-refractivity contribution in [2.45, 2.75) is 19.9 Å². The maximum absolute atomic E-state index is 12.5. The molecule has 6 nitrogen and oxygen atoms in total. The first-order chi connectivity index (χ1) is 14.0. The lowest BCUT2D eigenvalue weighted by atomic mass is 10.1. The monoisotopic (exact) mass is 424 g/mol. The lowest BCUT2D eigenvalue weighted by Crippen LogP contribution is -2.27. The number of fused-ring (bicyclic) bond motifs is 1. The fourth-order valence-corrected chi connectivity index (χ4v) is 4.04. The number of nitrogens with one attached hydrogen (secondary N) is 1. The molecule has 0 atom stereocenters. The molecule has 29 heavy (non-hydrogen) atoms. The Bertz CT molecular complexity index is 1270. The number of para-hydroxylation sites is 2. The van der Waals surface area contributed by atoms with Gasteiger partial charge in [0.15, 0.2) is 5.13 Å². The van der Waals surface area contributed by atoms with E-state index in [0.717, 1.165) is 21.0 Å². The molecule has 0 unspecified atom stereocenters.